The van der Waals surface area contributed by atoms with E-state index in [2.05, 4.69) is 5.10 Å². The zero-order valence-corrected chi connectivity index (χ0v) is 9.38. The molecule has 1 aromatic heterocycles. The van der Waals surface area contributed by atoms with Crippen LogP contribution in [-0.4, -0.2) is 24.4 Å². The third kappa shape index (κ3) is 2.15. The molecule has 0 radical (unpaired) electrons. The fraction of sp³-hybridized carbons (Fsp3) is 0.625. The Morgan fingerprint density at radius 3 is 2.73 bits per heavy atom. The Kier molecular flexibility index (Phi) is 2.72. The summed E-state index contributed by atoms with van der Waals surface area (Å²) in [5.74, 6) is 0. The first kappa shape index (κ1) is 10.9. The van der Waals surface area contributed by atoms with Gasteiger partial charge in [0, 0.05) is 16.9 Å². The molecule has 1 aliphatic rings. The molecular weight excluding hydrogens is 243 g/mol. The van der Waals surface area contributed by atoms with E-state index in [0.29, 0.717) is 12.8 Å². The molecule has 2 rings (SSSR count). The molecule has 0 bridgehead atoms. The lowest BCUT2D eigenvalue weighted by Gasteiger charge is -2.12. The van der Waals surface area contributed by atoms with Crippen LogP contribution in [0.15, 0.2) is 17.3 Å². The summed E-state index contributed by atoms with van der Waals surface area (Å²) in [7, 11) is 1.38. The number of aromatic nitrogens is 2. The molecule has 1 aromatic rings. The number of rotatable bonds is 2. The minimum Gasteiger partial charge on any atom is -0.265 e. The van der Waals surface area contributed by atoms with E-state index in [0.717, 1.165) is 12.6 Å². The van der Waals surface area contributed by atoms with Crippen LogP contribution < -0.4 is 0 Å². The van der Waals surface area contributed by atoms with Gasteiger partial charge >= 0.3 is 0 Å². The van der Waals surface area contributed by atoms with Crippen molar-refractivity contribution in [3.63, 3.8) is 0 Å². The van der Waals surface area contributed by atoms with Crippen LogP contribution in [0.25, 0.3) is 0 Å². The molecule has 0 N–H and O–H groups in total. The third-order valence-electron chi connectivity index (χ3n) is 2.60. The first-order valence-corrected chi connectivity index (χ1v) is 6.92. The van der Waals surface area contributed by atoms with Gasteiger partial charge in [0.25, 0.3) is 9.05 Å². The van der Waals surface area contributed by atoms with E-state index in [1.54, 1.807) is 0 Å². The average molecular weight is 253 g/mol. The van der Waals surface area contributed by atoms with Crippen molar-refractivity contribution in [3.8, 4) is 0 Å². The normalized spacial score (nSPS) is 27.1. The Bertz CT molecular complexity index is 459. The standard InChI is InChI=1S/C8H10ClFN2O2S/c9-15(13,14)6-4-11-12(5-6)8-3-1-2-7(8)10/h4-5,7-8H,1-3H2. The summed E-state index contributed by atoms with van der Waals surface area (Å²) in [5, 5.41) is 3.83. The largest absolute Gasteiger partial charge is 0.265 e. The van der Waals surface area contributed by atoms with Crippen LogP contribution in [0.4, 0.5) is 4.39 Å². The van der Waals surface area contributed by atoms with Gasteiger partial charge in [0.2, 0.25) is 0 Å². The molecular formula is C8H10ClFN2O2S. The molecule has 0 saturated heterocycles. The molecule has 1 heterocycles. The van der Waals surface area contributed by atoms with Gasteiger partial charge in [-0.3, -0.25) is 4.68 Å². The molecule has 2 unspecified atom stereocenters. The van der Waals surface area contributed by atoms with Crippen molar-refractivity contribution in [1.82, 2.24) is 9.78 Å². The number of nitrogens with zero attached hydrogens (tertiary/aromatic N) is 2. The van der Waals surface area contributed by atoms with Gasteiger partial charge in [0.05, 0.1) is 12.2 Å². The average Bonchev–Trinajstić information content (AvgIpc) is 2.69. The molecule has 84 valence electrons. The fourth-order valence-corrected chi connectivity index (χ4v) is 2.47. The maximum Gasteiger partial charge on any atom is 0.264 e. The van der Waals surface area contributed by atoms with Gasteiger partial charge in [-0.15, -0.1) is 0 Å². The van der Waals surface area contributed by atoms with Crippen LogP contribution in [0.3, 0.4) is 0 Å². The highest BCUT2D eigenvalue weighted by Gasteiger charge is 2.29. The van der Waals surface area contributed by atoms with Crippen LogP contribution >= 0.6 is 10.7 Å². The van der Waals surface area contributed by atoms with Crippen LogP contribution in [0.1, 0.15) is 25.3 Å². The Balaban J connectivity index is 2.28. The predicted molar refractivity (Wildman–Crippen MR) is 53.0 cm³/mol. The molecule has 1 aliphatic carbocycles. The second kappa shape index (κ2) is 3.75. The van der Waals surface area contributed by atoms with Crippen LogP contribution in [0.2, 0.25) is 0 Å². The van der Waals surface area contributed by atoms with Gasteiger partial charge in [0.15, 0.2) is 0 Å². The highest BCUT2D eigenvalue weighted by atomic mass is 35.7. The molecule has 4 nitrogen and oxygen atoms in total. The van der Waals surface area contributed by atoms with Crippen molar-refractivity contribution >= 4 is 19.7 Å². The molecule has 0 aromatic carbocycles. The van der Waals surface area contributed by atoms with Gasteiger partial charge < -0.3 is 0 Å². The predicted octanol–water partition coefficient (Wildman–Crippen LogP) is 1.87. The van der Waals surface area contributed by atoms with Gasteiger partial charge in [-0.25, -0.2) is 12.8 Å². The van der Waals surface area contributed by atoms with Gasteiger partial charge in [-0.05, 0) is 19.3 Å². The van der Waals surface area contributed by atoms with Crippen LogP contribution in [0.5, 0.6) is 0 Å². The SMILES string of the molecule is O=S(=O)(Cl)c1cnn(C2CCCC2F)c1. The smallest absolute Gasteiger partial charge is 0.264 e. The summed E-state index contributed by atoms with van der Waals surface area (Å²) < 4.78 is 36.6. The molecule has 0 amide bonds. The summed E-state index contributed by atoms with van der Waals surface area (Å²) in [6, 6.07) is -0.350. The Morgan fingerprint density at radius 2 is 2.27 bits per heavy atom. The Labute approximate surface area is 91.5 Å². The first-order valence-electron chi connectivity index (χ1n) is 4.61. The van der Waals surface area contributed by atoms with E-state index in [9.17, 15) is 12.8 Å². The monoisotopic (exact) mass is 252 g/mol. The highest BCUT2D eigenvalue weighted by Crippen LogP contribution is 2.32. The van der Waals surface area contributed by atoms with Gasteiger partial charge in [-0.2, -0.15) is 5.10 Å². The van der Waals surface area contributed by atoms with E-state index in [4.69, 9.17) is 10.7 Å². The lowest BCUT2D eigenvalue weighted by molar-refractivity contribution is 0.250. The molecule has 7 heteroatoms. The van der Waals surface area contributed by atoms with E-state index in [1.807, 2.05) is 0 Å². The minimum atomic E-state index is -3.76. The summed E-state index contributed by atoms with van der Waals surface area (Å²) in [6.07, 6.45) is 3.47. The molecule has 1 saturated carbocycles. The van der Waals surface area contributed by atoms with Gasteiger partial charge in [0.1, 0.15) is 11.1 Å². The third-order valence-corrected chi connectivity index (χ3v) is 3.90. The second-order valence-corrected chi connectivity index (χ2v) is 6.17. The molecule has 2 atom stereocenters. The molecule has 0 aliphatic heterocycles. The van der Waals surface area contributed by atoms with Crippen molar-refractivity contribution in [3.05, 3.63) is 12.4 Å². The van der Waals surface area contributed by atoms with E-state index < -0.39 is 15.2 Å². The topological polar surface area (TPSA) is 52.0 Å². The van der Waals surface area contributed by atoms with Gasteiger partial charge in [-0.1, -0.05) is 0 Å². The van der Waals surface area contributed by atoms with Crippen molar-refractivity contribution in [2.45, 2.75) is 36.4 Å². The molecule has 15 heavy (non-hydrogen) atoms. The van der Waals surface area contributed by atoms with Crippen LogP contribution in [0, 0.1) is 0 Å². The molecule has 1 fully saturated rings. The fourth-order valence-electron chi connectivity index (χ4n) is 1.82. The summed E-state index contributed by atoms with van der Waals surface area (Å²) >= 11 is 0. The first-order chi connectivity index (χ1) is 6.98. The minimum absolute atomic E-state index is 0.0803. The van der Waals surface area contributed by atoms with Crippen molar-refractivity contribution in [2.75, 3.05) is 0 Å². The Morgan fingerprint density at radius 1 is 1.53 bits per heavy atom. The van der Waals surface area contributed by atoms with E-state index in [1.165, 1.54) is 10.9 Å². The number of halogens is 2. The zero-order chi connectivity index (χ0) is 11.1. The zero-order valence-electron chi connectivity index (χ0n) is 7.81. The number of hydrogen-bond donors (Lipinski definition) is 0. The van der Waals surface area contributed by atoms with Crippen LogP contribution in [-0.2, 0) is 9.05 Å². The second-order valence-electron chi connectivity index (χ2n) is 3.61. The summed E-state index contributed by atoms with van der Waals surface area (Å²) in [4.78, 5) is -0.0803. The Hall–Kier alpha value is -0.620. The van der Waals surface area contributed by atoms with Crippen molar-refractivity contribution in [1.29, 1.82) is 0 Å². The highest BCUT2D eigenvalue weighted by molar-refractivity contribution is 8.13. The lowest BCUT2D eigenvalue weighted by atomic mass is 10.2. The number of alkyl halides is 1. The maximum atomic E-state index is 13.3. The van der Waals surface area contributed by atoms with Crippen molar-refractivity contribution in [2.24, 2.45) is 0 Å². The number of hydrogen-bond acceptors (Lipinski definition) is 3. The summed E-state index contributed by atoms with van der Waals surface area (Å²) in [6.45, 7) is 0. The summed E-state index contributed by atoms with van der Waals surface area (Å²) in [5.41, 5.74) is 0. The maximum absolute atomic E-state index is 13.3. The quantitative estimate of drug-likeness (QED) is 0.755. The van der Waals surface area contributed by atoms with Crippen molar-refractivity contribution < 1.29 is 12.8 Å². The lowest BCUT2D eigenvalue weighted by Crippen LogP contribution is -2.14. The van der Waals surface area contributed by atoms with E-state index >= 15 is 0 Å². The molecule has 0 spiro atoms. The van der Waals surface area contributed by atoms with E-state index in [-0.39, 0.29) is 10.9 Å².